The molecule has 8 heteroatoms. The summed E-state index contributed by atoms with van der Waals surface area (Å²) in [6.07, 6.45) is 3.04. The predicted octanol–water partition coefficient (Wildman–Crippen LogP) is 0.989. The van der Waals surface area contributed by atoms with Gasteiger partial charge in [0.15, 0.2) is 0 Å². The lowest BCUT2D eigenvalue weighted by molar-refractivity contribution is 0.0929. The molecule has 1 aliphatic rings. The molecule has 1 aliphatic carbocycles. The van der Waals surface area contributed by atoms with E-state index < -0.39 is 11.1 Å². The molecule has 2 atom stereocenters. The Kier molecular flexibility index (Phi) is 6.02. The average molecular weight is 367 g/mol. The van der Waals surface area contributed by atoms with Gasteiger partial charge in [-0.05, 0) is 50.4 Å². The van der Waals surface area contributed by atoms with Crippen molar-refractivity contribution in [2.24, 2.45) is 11.7 Å². The molecule has 0 bridgehead atoms. The summed E-state index contributed by atoms with van der Waals surface area (Å²) in [7, 11) is 0. The minimum atomic E-state index is -0.680. The molecular weight excluding hydrogens is 344 g/mol. The molecule has 1 heterocycles. The standard InChI is InChI=1S/C17H22N4O3.ClH/c1-2-21-14-7-6-10(8-13(14)20-16(23)17(21)24)15(22)19-12-5-3-4-11(12)9-18;/h6-8,11-12H,2-5,9,18H2,1H3,(H,19,22)(H,20,23);1H. The van der Waals surface area contributed by atoms with Gasteiger partial charge in [-0.15, -0.1) is 12.4 Å². The summed E-state index contributed by atoms with van der Waals surface area (Å²) in [4.78, 5) is 38.7. The lowest BCUT2D eigenvalue weighted by Gasteiger charge is -2.19. The van der Waals surface area contributed by atoms with Gasteiger partial charge in [-0.25, -0.2) is 0 Å². The van der Waals surface area contributed by atoms with Crippen LogP contribution in [0.4, 0.5) is 0 Å². The highest BCUT2D eigenvalue weighted by atomic mass is 35.5. The first kappa shape index (κ1) is 19.2. The van der Waals surface area contributed by atoms with Crippen molar-refractivity contribution in [1.82, 2.24) is 14.9 Å². The first-order chi connectivity index (χ1) is 11.5. The normalized spacial score (nSPS) is 19.6. The lowest BCUT2D eigenvalue weighted by Crippen LogP contribution is -2.40. The summed E-state index contributed by atoms with van der Waals surface area (Å²) in [5, 5.41) is 3.04. The second-order valence-corrected chi connectivity index (χ2v) is 6.24. The van der Waals surface area contributed by atoms with Crippen LogP contribution in [0.3, 0.4) is 0 Å². The first-order valence-corrected chi connectivity index (χ1v) is 8.33. The fraction of sp³-hybridized carbons (Fsp3) is 0.471. The summed E-state index contributed by atoms with van der Waals surface area (Å²) >= 11 is 0. The van der Waals surface area contributed by atoms with E-state index >= 15 is 0 Å². The number of amides is 1. The van der Waals surface area contributed by atoms with Crippen LogP contribution < -0.4 is 22.2 Å². The van der Waals surface area contributed by atoms with Gasteiger partial charge in [-0.2, -0.15) is 0 Å². The van der Waals surface area contributed by atoms with Gasteiger partial charge in [0, 0.05) is 18.2 Å². The summed E-state index contributed by atoms with van der Waals surface area (Å²) in [5.41, 5.74) is 6.04. The van der Waals surface area contributed by atoms with E-state index in [2.05, 4.69) is 10.3 Å². The van der Waals surface area contributed by atoms with Crippen LogP contribution in [-0.2, 0) is 6.54 Å². The predicted molar refractivity (Wildman–Crippen MR) is 99.4 cm³/mol. The molecule has 3 rings (SSSR count). The van der Waals surface area contributed by atoms with Crippen molar-refractivity contribution in [3.8, 4) is 0 Å². The highest BCUT2D eigenvalue weighted by molar-refractivity contribution is 5.97. The smallest absolute Gasteiger partial charge is 0.316 e. The molecule has 2 aromatic rings. The summed E-state index contributed by atoms with van der Waals surface area (Å²) in [5.74, 6) is 0.136. The van der Waals surface area contributed by atoms with Gasteiger partial charge in [-0.1, -0.05) is 6.42 Å². The molecule has 1 fully saturated rings. The third kappa shape index (κ3) is 3.62. The molecule has 0 saturated heterocycles. The number of fused-ring (bicyclic) bond motifs is 1. The second kappa shape index (κ2) is 7.84. The Morgan fingerprint density at radius 1 is 1.36 bits per heavy atom. The molecule has 1 saturated carbocycles. The summed E-state index contributed by atoms with van der Waals surface area (Å²) in [6, 6.07) is 5.08. The number of rotatable bonds is 4. The van der Waals surface area contributed by atoms with E-state index in [1.165, 1.54) is 4.57 Å². The van der Waals surface area contributed by atoms with Crippen LogP contribution >= 0.6 is 12.4 Å². The van der Waals surface area contributed by atoms with Crippen molar-refractivity contribution >= 4 is 29.3 Å². The SMILES string of the molecule is CCn1c(=O)c(=O)[nH]c2cc(C(=O)NC3CCCC3CN)ccc21.Cl. The summed E-state index contributed by atoms with van der Waals surface area (Å²) in [6.45, 7) is 2.76. The molecule has 0 spiro atoms. The quantitative estimate of drug-likeness (QED) is 0.701. The molecule has 1 amide bonds. The number of nitrogens with two attached hydrogens (primary N) is 1. The highest BCUT2D eigenvalue weighted by Crippen LogP contribution is 2.25. The maximum absolute atomic E-state index is 12.5. The van der Waals surface area contributed by atoms with E-state index in [4.69, 9.17) is 5.73 Å². The van der Waals surface area contributed by atoms with Crippen molar-refractivity contribution in [1.29, 1.82) is 0 Å². The van der Waals surface area contributed by atoms with E-state index in [-0.39, 0.29) is 24.4 Å². The molecule has 1 aromatic carbocycles. The summed E-state index contributed by atoms with van der Waals surface area (Å²) < 4.78 is 1.40. The number of hydrogen-bond acceptors (Lipinski definition) is 4. The number of carbonyl (C=O) groups excluding carboxylic acids is 1. The number of aryl methyl sites for hydroxylation is 1. The van der Waals surface area contributed by atoms with E-state index in [1.807, 2.05) is 0 Å². The highest BCUT2D eigenvalue weighted by Gasteiger charge is 2.27. The fourth-order valence-corrected chi connectivity index (χ4v) is 3.50. The Bertz CT molecular complexity index is 890. The molecule has 25 heavy (non-hydrogen) atoms. The Balaban J connectivity index is 0.00000225. The molecule has 136 valence electrons. The van der Waals surface area contributed by atoms with Crippen LogP contribution in [0.1, 0.15) is 36.5 Å². The number of nitrogens with zero attached hydrogens (tertiary/aromatic N) is 1. The lowest BCUT2D eigenvalue weighted by atomic mass is 10.0. The molecule has 2 unspecified atom stereocenters. The van der Waals surface area contributed by atoms with Crippen LogP contribution in [0.15, 0.2) is 27.8 Å². The minimum Gasteiger partial charge on any atom is -0.349 e. The Morgan fingerprint density at radius 2 is 2.12 bits per heavy atom. The number of carbonyl (C=O) groups is 1. The van der Waals surface area contributed by atoms with E-state index in [0.29, 0.717) is 35.6 Å². The van der Waals surface area contributed by atoms with Crippen LogP contribution in [0.25, 0.3) is 11.0 Å². The zero-order valence-electron chi connectivity index (χ0n) is 14.1. The number of aromatic amines is 1. The third-order valence-corrected chi connectivity index (χ3v) is 4.83. The van der Waals surface area contributed by atoms with E-state index in [1.54, 1.807) is 25.1 Å². The molecule has 0 radical (unpaired) electrons. The molecule has 1 aromatic heterocycles. The van der Waals surface area contributed by atoms with Crippen LogP contribution in [0, 0.1) is 5.92 Å². The zero-order valence-corrected chi connectivity index (χ0v) is 14.9. The maximum atomic E-state index is 12.5. The largest absolute Gasteiger partial charge is 0.349 e. The monoisotopic (exact) mass is 366 g/mol. The van der Waals surface area contributed by atoms with Gasteiger partial charge in [0.05, 0.1) is 11.0 Å². The number of nitrogens with one attached hydrogen (secondary N) is 2. The van der Waals surface area contributed by atoms with Gasteiger partial charge >= 0.3 is 11.1 Å². The van der Waals surface area contributed by atoms with E-state index in [9.17, 15) is 14.4 Å². The van der Waals surface area contributed by atoms with Gasteiger partial charge in [0.25, 0.3) is 5.91 Å². The Hall–Kier alpha value is -2.12. The number of aromatic nitrogens is 2. The molecule has 7 nitrogen and oxygen atoms in total. The van der Waals surface area contributed by atoms with Crippen molar-refractivity contribution < 1.29 is 4.79 Å². The fourth-order valence-electron chi connectivity index (χ4n) is 3.50. The molecule has 4 N–H and O–H groups in total. The number of H-pyrrole nitrogens is 1. The van der Waals surface area contributed by atoms with Crippen LogP contribution in [0.5, 0.6) is 0 Å². The molecule has 0 aliphatic heterocycles. The second-order valence-electron chi connectivity index (χ2n) is 6.24. The minimum absolute atomic E-state index is 0. The number of hydrogen-bond donors (Lipinski definition) is 3. The van der Waals surface area contributed by atoms with Gasteiger partial charge in [0.2, 0.25) is 0 Å². The zero-order chi connectivity index (χ0) is 17.3. The molecular formula is C17H23ClN4O3. The van der Waals surface area contributed by atoms with Crippen LogP contribution in [-0.4, -0.2) is 28.0 Å². The van der Waals surface area contributed by atoms with Gasteiger partial charge < -0.3 is 20.6 Å². The van der Waals surface area contributed by atoms with Crippen LogP contribution in [0.2, 0.25) is 0 Å². The van der Waals surface area contributed by atoms with Gasteiger partial charge in [0.1, 0.15) is 0 Å². The van der Waals surface area contributed by atoms with Crippen molar-refractivity contribution in [2.45, 2.75) is 38.8 Å². The number of halogens is 1. The average Bonchev–Trinajstić information content (AvgIpc) is 3.02. The maximum Gasteiger partial charge on any atom is 0.316 e. The Morgan fingerprint density at radius 3 is 2.80 bits per heavy atom. The van der Waals surface area contributed by atoms with E-state index in [0.717, 1.165) is 19.3 Å². The Labute approximate surface area is 151 Å². The van der Waals surface area contributed by atoms with Gasteiger partial charge in [-0.3, -0.25) is 14.4 Å². The first-order valence-electron chi connectivity index (χ1n) is 8.33. The van der Waals surface area contributed by atoms with Crippen molar-refractivity contribution in [2.75, 3.05) is 6.54 Å². The number of benzene rings is 1. The third-order valence-electron chi connectivity index (χ3n) is 4.83. The van der Waals surface area contributed by atoms with Crippen molar-refractivity contribution in [3.05, 3.63) is 44.5 Å². The topological polar surface area (TPSA) is 110 Å². The van der Waals surface area contributed by atoms with Crippen molar-refractivity contribution in [3.63, 3.8) is 0 Å².